The van der Waals surface area contributed by atoms with E-state index in [1.165, 1.54) is 0 Å². The van der Waals surface area contributed by atoms with Crippen molar-refractivity contribution in [2.75, 3.05) is 23.7 Å². The van der Waals surface area contributed by atoms with Gasteiger partial charge in [-0.15, -0.1) is 0 Å². The number of benzene rings is 1. The first-order chi connectivity index (χ1) is 11.1. The summed E-state index contributed by atoms with van der Waals surface area (Å²) in [7, 11) is 0. The number of hydrogen-bond donors (Lipinski definition) is 2. The summed E-state index contributed by atoms with van der Waals surface area (Å²) < 4.78 is 0. The number of carbonyl (C=O) groups excluding carboxylic acids is 1. The van der Waals surface area contributed by atoms with Gasteiger partial charge < -0.3 is 16.0 Å². The number of nitrogens with one attached hydrogen (secondary N) is 1. The second-order valence-corrected chi connectivity index (χ2v) is 5.88. The number of amides is 1. The Balaban J connectivity index is 1.68. The molecule has 3 rings (SSSR count). The molecule has 1 aliphatic heterocycles. The maximum atomic E-state index is 12.5. The topological polar surface area (TPSA) is 84.1 Å². The first kappa shape index (κ1) is 15.3. The Labute approximate surface area is 135 Å². The van der Waals surface area contributed by atoms with Crippen molar-refractivity contribution in [3.05, 3.63) is 47.8 Å². The normalized spacial score (nSPS) is 17.8. The van der Waals surface area contributed by atoms with Crippen molar-refractivity contribution in [3.63, 3.8) is 0 Å². The fourth-order valence-corrected chi connectivity index (χ4v) is 2.88. The number of aryl methyl sites for hydroxylation is 1. The maximum Gasteiger partial charge on any atom is 0.251 e. The molecule has 1 atom stereocenters. The smallest absolute Gasteiger partial charge is 0.251 e. The Hall–Kier alpha value is -2.63. The molecule has 1 amide bonds. The fraction of sp³-hybridized carbons (Fsp3) is 0.353. The lowest BCUT2D eigenvalue weighted by molar-refractivity contribution is 0.0932. The highest BCUT2D eigenvalue weighted by atomic mass is 16.1. The highest BCUT2D eigenvalue weighted by molar-refractivity contribution is 5.96. The second-order valence-electron chi connectivity index (χ2n) is 5.88. The van der Waals surface area contributed by atoms with Gasteiger partial charge in [0.1, 0.15) is 0 Å². The van der Waals surface area contributed by atoms with Gasteiger partial charge in [-0.25, -0.2) is 9.97 Å². The van der Waals surface area contributed by atoms with Gasteiger partial charge in [0.15, 0.2) is 0 Å². The molecule has 2 heterocycles. The van der Waals surface area contributed by atoms with Gasteiger partial charge in [-0.05, 0) is 43.5 Å². The van der Waals surface area contributed by atoms with E-state index in [0.717, 1.165) is 31.5 Å². The van der Waals surface area contributed by atoms with Crippen LogP contribution in [0.3, 0.4) is 0 Å². The lowest BCUT2D eigenvalue weighted by Crippen LogP contribution is -2.48. The van der Waals surface area contributed by atoms with Crippen LogP contribution < -0.4 is 16.0 Å². The van der Waals surface area contributed by atoms with Gasteiger partial charge in [-0.2, -0.15) is 0 Å². The van der Waals surface area contributed by atoms with Gasteiger partial charge in [-0.3, -0.25) is 4.79 Å². The van der Waals surface area contributed by atoms with Crippen molar-refractivity contribution >= 4 is 17.5 Å². The number of nitrogens with zero attached hydrogens (tertiary/aromatic N) is 3. The minimum absolute atomic E-state index is 0.0735. The molecule has 0 aliphatic carbocycles. The number of piperidine rings is 1. The molecule has 23 heavy (non-hydrogen) atoms. The molecular weight excluding hydrogens is 290 g/mol. The minimum Gasteiger partial charge on any atom is -0.399 e. The summed E-state index contributed by atoms with van der Waals surface area (Å²) >= 11 is 0. The van der Waals surface area contributed by atoms with Crippen molar-refractivity contribution < 1.29 is 4.79 Å². The molecule has 0 saturated carbocycles. The molecule has 0 bridgehead atoms. The Kier molecular flexibility index (Phi) is 4.41. The van der Waals surface area contributed by atoms with Gasteiger partial charge in [0.2, 0.25) is 5.95 Å². The Morgan fingerprint density at radius 1 is 1.35 bits per heavy atom. The molecule has 0 spiro atoms. The monoisotopic (exact) mass is 311 g/mol. The summed E-state index contributed by atoms with van der Waals surface area (Å²) in [6.45, 7) is 3.55. The summed E-state index contributed by atoms with van der Waals surface area (Å²) in [5.74, 6) is 0.641. The van der Waals surface area contributed by atoms with E-state index in [2.05, 4.69) is 20.2 Å². The third-order valence-corrected chi connectivity index (χ3v) is 4.10. The van der Waals surface area contributed by atoms with E-state index < -0.39 is 0 Å². The summed E-state index contributed by atoms with van der Waals surface area (Å²) in [6.07, 6.45) is 5.43. The Morgan fingerprint density at radius 2 is 2.13 bits per heavy atom. The number of nitrogens with two attached hydrogens (primary N) is 1. The number of aromatic nitrogens is 2. The maximum absolute atomic E-state index is 12.5. The minimum atomic E-state index is -0.0735. The molecule has 1 aliphatic rings. The summed E-state index contributed by atoms with van der Waals surface area (Å²) in [5.41, 5.74) is 7.96. The zero-order chi connectivity index (χ0) is 16.2. The van der Waals surface area contributed by atoms with Gasteiger partial charge in [-0.1, -0.05) is 6.07 Å². The molecule has 120 valence electrons. The van der Waals surface area contributed by atoms with Crippen molar-refractivity contribution in [1.29, 1.82) is 0 Å². The molecule has 2 aromatic rings. The van der Waals surface area contributed by atoms with E-state index in [-0.39, 0.29) is 11.9 Å². The molecule has 1 aromatic carbocycles. The molecule has 6 nitrogen and oxygen atoms in total. The molecule has 1 unspecified atom stereocenters. The van der Waals surface area contributed by atoms with Crippen LogP contribution in [0.5, 0.6) is 0 Å². The number of rotatable bonds is 3. The van der Waals surface area contributed by atoms with Crippen LogP contribution in [0.2, 0.25) is 0 Å². The predicted octanol–water partition coefficient (Wildman–Crippen LogP) is 1.77. The van der Waals surface area contributed by atoms with Gasteiger partial charge in [0.25, 0.3) is 5.91 Å². The van der Waals surface area contributed by atoms with Crippen molar-refractivity contribution in [3.8, 4) is 0 Å². The van der Waals surface area contributed by atoms with E-state index in [4.69, 9.17) is 5.73 Å². The van der Waals surface area contributed by atoms with Crippen LogP contribution >= 0.6 is 0 Å². The molecule has 1 aromatic heterocycles. The largest absolute Gasteiger partial charge is 0.399 e. The fourth-order valence-electron chi connectivity index (χ4n) is 2.88. The van der Waals surface area contributed by atoms with E-state index >= 15 is 0 Å². The first-order valence-corrected chi connectivity index (χ1v) is 7.82. The zero-order valence-electron chi connectivity index (χ0n) is 13.2. The lowest BCUT2D eigenvalue weighted by Gasteiger charge is -2.33. The van der Waals surface area contributed by atoms with Crippen LogP contribution in [0.1, 0.15) is 28.8 Å². The number of carbonyl (C=O) groups is 1. The summed E-state index contributed by atoms with van der Waals surface area (Å²) in [5, 5.41) is 3.11. The molecule has 3 N–H and O–H groups in total. The van der Waals surface area contributed by atoms with Crippen LogP contribution in [0.4, 0.5) is 11.6 Å². The highest BCUT2D eigenvalue weighted by Crippen LogP contribution is 2.17. The third kappa shape index (κ3) is 3.59. The molecule has 1 saturated heterocycles. The quantitative estimate of drug-likeness (QED) is 0.844. The van der Waals surface area contributed by atoms with Crippen molar-refractivity contribution in [2.45, 2.75) is 25.8 Å². The predicted molar refractivity (Wildman–Crippen MR) is 90.3 cm³/mol. The van der Waals surface area contributed by atoms with Crippen LogP contribution in [-0.2, 0) is 0 Å². The van der Waals surface area contributed by atoms with E-state index in [9.17, 15) is 4.79 Å². The third-order valence-electron chi connectivity index (χ3n) is 4.10. The van der Waals surface area contributed by atoms with Gasteiger partial charge in [0, 0.05) is 42.8 Å². The van der Waals surface area contributed by atoms with E-state index in [1.807, 2.05) is 13.0 Å². The average molecular weight is 311 g/mol. The molecule has 6 heteroatoms. The summed E-state index contributed by atoms with van der Waals surface area (Å²) in [6, 6.07) is 7.29. The zero-order valence-corrected chi connectivity index (χ0v) is 13.2. The molecule has 0 radical (unpaired) electrons. The van der Waals surface area contributed by atoms with Crippen LogP contribution in [0, 0.1) is 6.92 Å². The van der Waals surface area contributed by atoms with Crippen molar-refractivity contribution in [1.82, 2.24) is 15.3 Å². The Bertz CT molecular complexity index is 689. The standard InChI is InChI=1S/C17H21N5O/c1-12-5-6-13(18)10-15(12)16(23)21-14-4-2-9-22(11-14)17-19-7-3-8-20-17/h3,5-8,10,14H,2,4,9,11,18H2,1H3,(H,21,23). The SMILES string of the molecule is Cc1ccc(N)cc1C(=O)NC1CCCN(c2ncccn2)C1. The number of nitrogen functional groups attached to an aromatic ring is 1. The van der Waals surface area contributed by atoms with Crippen LogP contribution in [0.25, 0.3) is 0 Å². The summed E-state index contributed by atoms with van der Waals surface area (Å²) in [4.78, 5) is 23.2. The molecular formula is C17H21N5O. The average Bonchev–Trinajstić information content (AvgIpc) is 2.58. The van der Waals surface area contributed by atoms with E-state index in [1.54, 1.807) is 30.6 Å². The lowest BCUT2D eigenvalue weighted by atomic mass is 10.0. The number of hydrogen-bond acceptors (Lipinski definition) is 5. The second kappa shape index (κ2) is 6.64. The van der Waals surface area contributed by atoms with Crippen LogP contribution in [0.15, 0.2) is 36.7 Å². The van der Waals surface area contributed by atoms with Gasteiger partial charge >= 0.3 is 0 Å². The number of anilines is 2. The van der Waals surface area contributed by atoms with Crippen molar-refractivity contribution in [2.24, 2.45) is 0 Å². The van der Waals surface area contributed by atoms with E-state index in [0.29, 0.717) is 17.2 Å². The van der Waals surface area contributed by atoms with Gasteiger partial charge in [0.05, 0.1) is 0 Å². The Morgan fingerprint density at radius 3 is 2.91 bits per heavy atom. The first-order valence-electron chi connectivity index (χ1n) is 7.82. The highest BCUT2D eigenvalue weighted by Gasteiger charge is 2.23. The molecule has 1 fully saturated rings. The van der Waals surface area contributed by atoms with Crippen LogP contribution in [-0.4, -0.2) is 35.0 Å².